The van der Waals surface area contributed by atoms with E-state index < -0.39 is 0 Å². The number of rotatable bonds is 5. The summed E-state index contributed by atoms with van der Waals surface area (Å²) in [6.45, 7) is 7.24. The topological polar surface area (TPSA) is 42.7 Å². The van der Waals surface area contributed by atoms with Gasteiger partial charge in [0, 0.05) is 31.2 Å². The van der Waals surface area contributed by atoms with Gasteiger partial charge in [0.15, 0.2) is 0 Å². The van der Waals surface area contributed by atoms with Crippen molar-refractivity contribution in [2.45, 2.75) is 39.8 Å². The first-order valence-electron chi connectivity index (χ1n) is 6.30. The molecular weight excluding hydrogens is 244 g/mol. The van der Waals surface area contributed by atoms with Crippen LogP contribution in [0.25, 0.3) is 10.6 Å². The quantitative estimate of drug-likeness (QED) is 0.902. The van der Waals surface area contributed by atoms with Crippen LogP contribution in [0.3, 0.4) is 0 Å². The highest BCUT2D eigenvalue weighted by atomic mass is 32.1. The third-order valence-corrected chi connectivity index (χ3v) is 3.64. The molecular formula is C13H20N4S. The summed E-state index contributed by atoms with van der Waals surface area (Å²) in [5.41, 5.74) is 3.39. The number of aryl methyl sites for hydroxylation is 2. The van der Waals surface area contributed by atoms with E-state index in [1.54, 1.807) is 11.3 Å². The van der Waals surface area contributed by atoms with E-state index in [9.17, 15) is 0 Å². The fraction of sp³-hybridized carbons (Fsp3) is 0.538. The smallest absolute Gasteiger partial charge is 0.127 e. The summed E-state index contributed by atoms with van der Waals surface area (Å²) in [4.78, 5) is 4.68. The second kappa shape index (κ2) is 5.63. The van der Waals surface area contributed by atoms with E-state index in [-0.39, 0.29) is 0 Å². The largest absolute Gasteiger partial charge is 0.309 e. The predicted octanol–water partition coefficient (Wildman–Crippen LogP) is 2.60. The van der Waals surface area contributed by atoms with Crippen molar-refractivity contribution in [2.24, 2.45) is 7.05 Å². The Morgan fingerprint density at radius 1 is 1.44 bits per heavy atom. The summed E-state index contributed by atoms with van der Waals surface area (Å²) < 4.78 is 1.86. The SMILES string of the molecule is CCc1nn(C)cc1-c1nc(CNC(C)C)cs1. The molecule has 0 aliphatic rings. The van der Waals surface area contributed by atoms with E-state index in [0.29, 0.717) is 6.04 Å². The number of aromatic nitrogens is 3. The molecule has 1 N–H and O–H groups in total. The third kappa shape index (κ3) is 2.97. The molecule has 0 spiro atoms. The highest BCUT2D eigenvalue weighted by molar-refractivity contribution is 7.13. The van der Waals surface area contributed by atoms with E-state index in [2.05, 4.69) is 47.7 Å². The molecule has 98 valence electrons. The Kier molecular flexibility index (Phi) is 4.14. The Balaban J connectivity index is 2.18. The van der Waals surface area contributed by atoms with Gasteiger partial charge in [-0.15, -0.1) is 11.3 Å². The lowest BCUT2D eigenvalue weighted by Gasteiger charge is -2.04. The lowest BCUT2D eigenvalue weighted by atomic mass is 10.2. The average Bonchev–Trinajstić information content (AvgIpc) is 2.92. The number of nitrogens with zero attached hydrogens (tertiary/aromatic N) is 3. The van der Waals surface area contributed by atoms with Crippen LogP contribution in [0, 0.1) is 0 Å². The van der Waals surface area contributed by atoms with Crippen molar-refractivity contribution in [1.82, 2.24) is 20.1 Å². The van der Waals surface area contributed by atoms with Crippen LogP contribution in [-0.4, -0.2) is 20.8 Å². The second-order valence-electron chi connectivity index (χ2n) is 4.70. The first kappa shape index (κ1) is 13.2. The number of hydrogen-bond acceptors (Lipinski definition) is 4. The predicted molar refractivity (Wildman–Crippen MR) is 75.7 cm³/mol. The lowest BCUT2D eigenvalue weighted by Crippen LogP contribution is -2.21. The van der Waals surface area contributed by atoms with Gasteiger partial charge in [0.1, 0.15) is 5.01 Å². The molecule has 2 heterocycles. The molecule has 0 amide bonds. The Morgan fingerprint density at radius 3 is 2.89 bits per heavy atom. The molecule has 2 aromatic heterocycles. The molecule has 0 unspecified atom stereocenters. The average molecular weight is 264 g/mol. The van der Waals surface area contributed by atoms with Crippen molar-refractivity contribution in [2.75, 3.05) is 0 Å². The Labute approximate surface area is 112 Å². The summed E-state index contributed by atoms with van der Waals surface area (Å²) in [6.07, 6.45) is 2.99. The molecule has 0 fully saturated rings. The van der Waals surface area contributed by atoms with Crippen LogP contribution in [0.4, 0.5) is 0 Å². The van der Waals surface area contributed by atoms with E-state index in [4.69, 9.17) is 0 Å². The zero-order chi connectivity index (χ0) is 13.1. The maximum absolute atomic E-state index is 4.68. The molecule has 2 aromatic rings. The number of thiazole rings is 1. The van der Waals surface area contributed by atoms with E-state index in [1.807, 2.05) is 11.7 Å². The Hall–Kier alpha value is -1.20. The van der Waals surface area contributed by atoms with Gasteiger partial charge in [-0.3, -0.25) is 4.68 Å². The van der Waals surface area contributed by atoms with Gasteiger partial charge in [0.05, 0.1) is 17.0 Å². The van der Waals surface area contributed by atoms with Crippen molar-refractivity contribution in [3.63, 3.8) is 0 Å². The Morgan fingerprint density at radius 2 is 2.22 bits per heavy atom. The maximum atomic E-state index is 4.68. The molecule has 0 saturated carbocycles. The molecule has 0 aliphatic heterocycles. The molecule has 4 nitrogen and oxygen atoms in total. The van der Waals surface area contributed by atoms with Gasteiger partial charge in [-0.2, -0.15) is 5.10 Å². The van der Waals surface area contributed by atoms with Crippen molar-refractivity contribution in [1.29, 1.82) is 0 Å². The zero-order valence-corrected chi connectivity index (χ0v) is 12.2. The van der Waals surface area contributed by atoms with Gasteiger partial charge in [0.25, 0.3) is 0 Å². The van der Waals surface area contributed by atoms with Crippen LogP contribution in [0.2, 0.25) is 0 Å². The monoisotopic (exact) mass is 264 g/mol. The summed E-state index contributed by atoms with van der Waals surface area (Å²) in [5, 5.41) is 11.0. The minimum absolute atomic E-state index is 0.486. The van der Waals surface area contributed by atoms with Crippen LogP contribution < -0.4 is 5.32 Å². The van der Waals surface area contributed by atoms with Gasteiger partial charge in [-0.25, -0.2) is 4.98 Å². The first-order chi connectivity index (χ1) is 8.60. The van der Waals surface area contributed by atoms with Crippen LogP contribution >= 0.6 is 11.3 Å². The van der Waals surface area contributed by atoms with Crippen LogP contribution in [-0.2, 0) is 20.0 Å². The molecule has 0 bridgehead atoms. The van der Waals surface area contributed by atoms with E-state index >= 15 is 0 Å². The number of nitrogens with one attached hydrogen (secondary N) is 1. The second-order valence-corrected chi connectivity index (χ2v) is 5.55. The first-order valence-corrected chi connectivity index (χ1v) is 7.18. The van der Waals surface area contributed by atoms with E-state index in [1.165, 1.54) is 5.56 Å². The summed E-state index contributed by atoms with van der Waals surface area (Å²) in [7, 11) is 1.96. The fourth-order valence-electron chi connectivity index (χ4n) is 1.79. The van der Waals surface area contributed by atoms with Gasteiger partial charge in [0.2, 0.25) is 0 Å². The molecule has 18 heavy (non-hydrogen) atoms. The molecule has 5 heteroatoms. The van der Waals surface area contributed by atoms with Gasteiger partial charge < -0.3 is 5.32 Å². The van der Waals surface area contributed by atoms with Crippen molar-refractivity contribution in [3.05, 3.63) is 23.0 Å². The third-order valence-electron chi connectivity index (χ3n) is 2.71. The van der Waals surface area contributed by atoms with Gasteiger partial charge in [-0.05, 0) is 6.42 Å². The van der Waals surface area contributed by atoms with Crippen LogP contribution in [0.1, 0.15) is 32.2 Å². The minimum Gasteiger partial charge on any atom is -0.309 e. The molecule has 0 saturated heterocycles. The van der Waals surface area contributed by atoms with Crippen molar-refractivity contribution in [3.8, 4) is 10.6 Å². The van der Waals surface area contributed by atoms with Gasteiger partial charge >= 0.3 is 0 Å². The number of hydrogen-bond donors (Lipinski definition) is 1. The fourth-order valence-corrected chi connectivity index (χ4v) is 2.65. The van der Waals surface area contributed by atoms with Crippen molar-refractivity contribution >= 4 is 11.3 Å². The Bertz CT molecular complexity index is 513. The zero-order valence-electron chi connectivity index (χ0n) is 11.4. The minimum atomic E-state index is 0.486. The standard InChI is InChI=1S/C13H20N4S/c1-5-12-11(7-17(4)16-12)13-15-10(8-18-13)6-14-9(2)3/h7-9,14H,5-6H2,1-4H3. The summed E-state index contributed by atoms with van der Waals surface area (Å²) >= 11 is 1.69. The van der Waals surface area contributed by atoms with Gasteiger partial charge in [-0.1, -0.05) is 20.8 Å². The highest BCUT2D eigenvalue weighted by Gasteiger charge is 2.12. The summed E-state index contributed by atoms with van der Waals surface area (Å²) in [6, 6.07) is 0.486. The molecule has 0 aliphatic carbocycles. The van der Waals surface area contributed by atoms with Crippen LogP contribution in [0.5, 0.6) is 0 Å². The lowest BCUT2D eigenvalue weighted by molar-refractivity contribution is 0.583. The summed E-state index contributed by atoms with van der Waals surface area (Å²) in [5.74, 6) is 0. The highest BCUT2D eigenvalue weighted by Crippen LogP contribution is 2.26. The van der Waals surface area contributed by atoms with Crippen LogP contribution in [0.15, 0.2) is 11.6 Å². The molecule has 0 aromatic carbocycles. The maximum Gasteiger partial charge on any atom is 0.127 e. The molecule has 0 radical (unpaired) electrons. The normalized spacial score (nSPS) is 11.4. The molecule has 2 rings (SSSR count). The van der Waals surface area contributed by atoms with E-state index in [0.717, 1.165) is 29.4 Å². The van der Waals surface area contributed by atoms with Crippen molar-refractivity contribution < 1.29 is 0 Å². The molecule has 0 atom stereocenters.